The van der Waals surface area contributed by atoms with E-state index in [4.69, 9.17) is 19.1 Å². The van der Waals surface area contributed by atoms with Crippen molar-refractivity contribution in [3.63, 3.8) is 0 Å². The van der Waals surface area contributed by atoms with Crippen LogP contribution >= 0.6 is 34.9 Å². The molecule has 0 nitrogen and oxygen atoms in total. The number of hydrogen-bond acceptors (Lipinski definition) is 0. The van der Waals surface area contributed by atoms with E-state index in [0.717, 1.165) is 11.3 Å². The Morgan fingerprint density at radius 3 is 0.821 bits per heavy atom. The molecule has 4 aromatic rings. The van der Waals surface area contributed by atoms with Gasteiger partial charge in [0.25, 0.3) is 0 Å². The Balaban J connectivity index is 0.000000165. The first kappa shape index (κ1) is 30.9. The van der Waals surface area contributed by atoms with E-state index in [9.17, 15) is 0 Å². The van der Waals surface area contributed by atoms with E-state index in [1.54, 1.807) is 21.2 Å². The first-order valence-corrected chi connectivity index (χ1v) is 21.3. The van der Waals surface area contributed by atoms with Gasteiger partial charge in [0.2, 0.25) is 0 Å². The number of halogens is 2. The van der Waals surface area contributed by atoms with Crippen molar-refractivity contribution < 1.29 is 15.9 Å². The molecule has 0 atom stereocenters. The van der Waals surface area contributed by atoms with Crippen molar-refractivity contribution in [2.75, 3.05) is 0 Å². The van der Waals surface area contributed by atoms with Crippen LogP contribution in [0.1, 0.15) is 51.4 Å². The van der Waals surface area contributed by atoms with Crippen LogP contribution in [0.3, 0.4) is 0 Å². The van der Waals surface area contributed by atoms with Gasteiger partial charge in [0, 0.05) is 0 Å². The quantitative estimate of drug-likeness (QED) is 0.140. The van der Waals surface area contributed by atoms with Gasteiger partial charge in [0.05, 0.1) is 48.4 Å². The molecule has 0 saturated heterocycles. The molecule has 0 amide bonds. The van der Waals surface area contributed by atoms with E-state index in [1.807, 2.05) is 0 Å². The van der Waals surface area contributed by atoms with Crippen molar-refractivity contribution in [3.05, 3.63) is 121 Å². The zero-order valence-corrected chi connectivity index (χ0v) is 27.5. The van der Waals surface area contributed by atoms with E-state index in [2.05, 4.69) is 121 Å². The van der Waals surface area contributed by atoms with E-state index < -0.39 is 15.8 Å². The summed E-state index contributed by atoms with van der Waals surface area (Å²) in [7, 11) is 8.47. The maximum Gasteiger partial charge on any atom is 0.0969 e. The van der Waals surface area contributed by atoms with E-state index in [-0.39, 0.29) is 15.9 Å². The van der Waals surface area contributed by atoms with Crippen LogP contribution < -0.4 is 21.2 Å². The average Bonchev–Trinajstić information content (AvgIpc) is 3.72. The molecule has 2 saturated carbocycles. The molecule has 0 heterocycles. The number of benzene rings is 4. The predicted octanol–water partition coefficient (Wildman–Crippen LogP) is 8.96. The smallest absolute Gasteiger partial charge is 0.0620 e. The molecule has 0 spiro atoms. The van der Waals surface area contributed by atoms with E-state index in [1.165, 1.54) is 51.4 Å². The molecule has 208 valence electrons. The third kappa shape index (κ3) is 9.51. The molecule has 2 fully saturated rings. The van der Waals surface area contributed by atoms with Crippen molar-refractivity contribution in [3.8, 4) is 0 Å². The molecule has 0 radical (unpaired) electrons. The van der Waals surface area contributed by atoms with Crippen LogP contribution in [0.4, 0.5) is 0 Å². The minimum absolute atomic E-state index is 0.106. The first-order valence-electron chi connectivity index (χ1n) is 14.1. The molecule has 4 aromatic carbocycles. The van der Waals surface area contributed by atoms with Gasteiger partial charge in [-0.25, -0.2) is 0 Å². The Labute approximate surface area is 254 Å². The van der Waals surface area contributed by atoms with Crippen molar-refractivity contribution >= 4 is 56.1 Å². The van der Waals surface area contributed by atoms with Crippen LogP contribution in [0, 0.1) is 0 Å². The van der Waals surface area contributed by atoms with Gasteiger partial charge in [-0.05, 0) is 99.9 Å². The molecule has 0 N–H and O–H groups in total. The molecule has 2 aliphatic rings. The SMILES string of the molecule is [Cl][Pd][Cl].c1ccc([PH+](c2ccccc2)C2CCCC2)cc1.c1ccc([PH+](c2ccccc2)C2CCCC2)cc1. The summed E-state index contributed by atoms with van der Waals surface area (Å²) in [4.78, 5) is 0. The number of hydrogen-bond donors (Lipinski definition) is 0. The Bertz CT molecular complexity index is 993. The molecule has 0 aromatic heterocycles. The fourth-order valence-corrected chi connectivity index (χ4v) is 12.9. The minimum atomic E-state index is -0.577. The van der Waals surface area contributed by atoms with Crippen LogP contribution in [0.15, 0.2) is 121 Å². The normalized spacial score (nSPS) is 15.6. The summed E-state index contributed by atoms with van der Waals surface area (Å²) in [6.07, 6.45) is 11.4. The molecular weight excluding hydrogens is 648 g/mol. The van der Waals surface area contributed by atoms with Crippen molar-refractivity contribution in [1.82, 2.24) is 0 Å². The van der Waals surface area contributed by atoms with Crippen LogP contribution in [0.25, 0.3) is 0 Å². The van der Waals surface area contributed by atoms with Gasteiger partial charge >= 0.3 is 35.0 Å². The third-order valence-electron chi connectivity index (χ3n) is 7.87. The van der Waals surface area contributed by atoms with Crippen LogP contribution in [-0.4, -0.2) is 11.3 Å². The fourth-order valence-electron chi connectivity index (χ4n) is 6.18. The average molecular weight is 688 g/mol. The topological polar surface area (TPSA) is 0 Å². The van der Waals surface area contributed by atoms with Crippen LogP contribution in [0.2, 0.25) is 0 Å². The Morgan fingerprint density at radius 1 is 0.410 bits per heavy atom. The summed E-state index contributed by atoms with van der Waals surface area (Å²) >= 11 is -0.106. The van der Waals surface area contributed by atoms with E-state index in [0.29, 0.717) is 0 Å². The van der Waals surface area contributed by atoms with Gasteiger partial charge in [-0.3, -0.25) is 0 Å². The van der Waals surface area contributed by atoms with Gasteiger partial charge in [0.15, 0.2) is 0 Å². The zero-order chi connectivity index (χ0) is 27.1. The molecule has 6 rings (SSSR count). The van der Waals surface area contributed by atoms with Crippen molar-refractivity contribution in [1.29, 1.82) is 0 Å². The summed E-state index contributed by atoms with van der Waals surface area (Å²) in [5.74, 6) is 0. The molecule has 0 aliphatic heterocycles. The first-order chi connectivity index (χ1) is 19.3. The zero-order valence-electron chi connectivity index (χ0n) is 22.4. The number of rotatable bonds is 6. The van der Waals surface area contributed by atoms with E-state index >= 15 is 0 Å². The second-order valence-electron chi connectivity index (χ2n) is 10.3. The van der Waals surface area contributed by atoms with Gasteiger partial charge in [-0.15, -0.1) is 0 Å². The Kier molecular flexibility index (Phi) is 14.1. The molecule has 39 heavy (non-hydrogen) atoms. The van der Waals surface area contributed by atoms with Gasteiger partial charge in [0.1, 0.15) is 0 Å². The largest absolute Gasteiger partial charge is 0.0969 e. The second kappa shape index (κ2) is 17.7. The van der Waals surface area contributed by atoms with Crippen LogP contribution in [-0.2, 0) is 15.9 Å². The maximum atomic E-state index is 4.81. The fraction of sp³-hybridized carbons (Fsp3) is 0.294. The second-order valence-corrected chi connectivity index (χ2v) is 18.3. The monoisotopic (exact) mass is 686 g/mol. The summed E-state index contributed by atoms with van der Waals surface area (Å²) in [5.41, 5.74) is 1.86. The molecule has 2 aliphatic carbocycles. The van der Waals surface area contributed by atoms with Crippen LogP contribution in [0.5, 0.6) is 0 Å². The standard InChI is InChI=1S/2C17H19P.2ClH.Pd/c2*1-3-9-15(10-4-1)18(17-13-7-8-14-17)16-11-5-2-6-12-16;;;/h2*1-6,9-12,17H,7-8,13-14H2;2*1H;/q;;;;+2. The molecule has 0 bridgehead atoms. The predicted molar refractivity (Wildman–Crippen MR) is 177 cm³/mol. The maximum absolute atomic E-state index is 4.81. The third-order valence-corrected chi connectivity index (χ3v) is 14.5. The van der Waals surface area contributed by atoms with Crippen molar-refractivity contribution in [2.45, 2.75) is 62.7 Å². The summed E-state index contributed by atoms with van der Waals surface area (Å²) in [5, 5.41) is 6.34. The summed E-state index contributed by atoms with van der Waals surface area (Å²) in [6, 6.07) is 44.7. The van der Waals surface area contributed by atoms with Gasteiger partial charge in [-0.2, -0.15) is 0 Å². The molecule has 0 unspecified atom stereocenters. The minimum Gasteiger partial charge on any atom is -0.0620 e. The molecule has 5 heteroatoms. The molecular formula is C34H40Cl2P2Pd+2. The van der Waals surface area contributed by atoms with Gasteiger partial charge < -0.3 is 0 Å². The van der Waals surface area contributed by atoms with Crippen molar-refractivity contribution in [2.24, 2.45) is 0 Å². The Morgan fingerprint density at radius 2 is 0.615 bits per heavy atom. The van der Waals surface area contributed by atoms with Gasteiger partial charge in [-0.1, -0.05) is 72.8 Å². The Hall–Kier alpha value is -1.02. The summed E-state index contributed by atoms with van der Waals surface area (Å²) < 4.78 is 0. The summed E-state index contributed by atoms with van der Waals surface area (Å²) in [6.45, 7) is 0.